The Hall–Kier alpha value is -2.97. The summed E-state index contributed by atoms with van der Waals surface area (Å²) in [5, 5.41) is 11.9. The van der Waals surface area contributed by atoms with Crippen LogP contribution in [0.2, 0.25) is 5.02 Å². The predicted octanol–water partition coefficient (Wildman–Crippen LogP) is 5.23. The molecule has 5 N–H and O–H groups in total. The third-order valence-electron chi connectivity index (χ3n) is 7.60. The number of nitrogens with zero attached hydrogens (tertiary/aromatic N) is 3. The average molecular weight is 522 g/mol. The average Bonchev–Trinajstić information content (AvgIpc) is 3.18. The number of hydrogen-bond acceptors (Lipinski definition) is 7. The van der Waals surface area contributed by atoms with E-state index in [1.54, 1.807) is 12.3 Å². The fourth-order valence-corrected chi connectivity index (χ4v) is 5.71. The first-order chi connectivity index (χ1) is 18.1. The highest BCUT2D eigenvalue weighted by molar-refractivity contribution is 6.31. The minimum atomic E-state index is -0.212. The van der Waals surface area contributed by atoms with Crippen LogP contribution in [0.5, 0.6) is 0 Å². The molecule has 1 amide bonds. The van der Waals surface area contributed by atoms with Gasteiger partial charge in [0.15, 0.2) is 0 Å². The van der Waals surface area contributed by atoms with Crippen molar-refractivity contribution in [2.45, 2.75) is 88.9 Å². The second-order valence-corrected chi connectivity index (χ2v) is 10.7. The lowest BCUT2D eigenvalue weighted by molar-refractivity contribution is 0.0923. The van der Waals surface area contributed by atoms with Crippen LogP contribution in [-0.2, 0) is 6.54 Å². The number of hydrogen-bond donors (Lipinski definition) is 4. The molecule has 2 heterocycles. The van der Waals surface area contributed by atoms with Gasteiger partial charge in [-0.2, -0.15) is 0 Å². The van der Waals surface area contributed by atoms with E-state index in [-0.39, 0.29) is 29.9 Å². The van der Waals surface area contributed by atoms with Crippen LogP contribution in [0.15, 0.2) is 36.5 Å². The molecule has 1 aromatic carbocycles. The number of pyridine rings is 1. The minimum Gasteiger partial charge on any atom is -0.397 e. The van der Waals surface area contributed by atoms with Crippen molar-refractivity contribution in [3.05, 3.63) is 53.1 Å². The number of amides is 1. The number of nitrogens with one attached hydrogen (secondary N) is 3. The number of halogens is 1. The largest absolute Gasteiger partial charge is 0.397 e. The molecule has 2 fully saturated rings. The molecule has 2 aliphatic carbocycles. The Balaban J connectivity index is 1.37. The van der Waals surface area contributed by atoms with Gasteiger partial charge in [0.1, 0.15) is 5.82 Å². The fraction of sp³-hybridized carbons (Fsp3) is 0.500. The first-order valence-corrected chi connectivity index (χ1v) is 13.9. The number of carbonyl (C=O) groups is 1. The maximum Gasteiger partial charge on any atom is 0.289 e. The number of fused-ring (bicyclic) bond motifs is 1. The summed E-state index contributed by atoms with van der Waals surface area (Å²) in [5.74, 6) is 0.633. The summed E-state index contributed by atoms with van der Waals surface area (Å²) in [6, 6.07) is 9.77. The summed E-state index contributed by atoms with van der Waals surface area (Å²) in [6.45, 7) is 0.598. The predicted molar refractivity (Wildman–Crippen MR) is 149 cm³/mol. The lowest BCUT2D eigenvalue weighted by atomic mass is 9.90. The van der Waals surface area contributed by atoms with Crippen LogP contribution in [0.3, 0.4) is 0 Å². The molecule has 37 heavy (non-hydrogen) atoms. The van der Waals surface area contributed by atoms with Gasteiger partial charge in [0, 0.05) is 41.3 Å². The Labute approximate surface area is 223 Å². The van der Waals surface area contributed by atoms with Crippen LogP contribution >= 0.6 is 11.6 Å². The van der Waals surface area contributed by atoms with Gasteiger partial charge in [-0.05, 0) is 56.0 Å². The highest BCUT2D eigenvalue weighted by Crippen LogP contribution is 2.28. The van der Waals surface area contributed by atoms with Crippen molar-refractivity contribution in [3.8, 4) is 0 Å². The topological polar surface area (TPSA) is 118 Å². The zero-order valence-corrected chi connectivity index (χ0v) is 21.9. The molecule has 5 rings (SSSR count). The molecule has 2 saturated carbocycles. The van der Waals surface area contributed by atoms with E-state index in [1.165, 1.54) is 12.8 Å². The molecular formula is C28H36ClN7O. The molecular weight excluding hydrogens is 486 g/mol. The van der Waals surface area contributed by atoms with Gasteiger partial charge in [0.05, 0.1) is 16.9 Å². The SMILES string of the molecule is Nc1cccnc1CN[C@@H]1CCCC[C@@H]1Nc1nc(C(=O)NC2CCCCCC2)nc2ccc(Cl)cc12. The summed E-state index contributed by atoms with van der Waals surface area (Å²) < 4.78 is 0. The van der Waals surface area contributed by atoms with E-state index in [9.17, 15) is 4.79 Å². The lowest BCUT2D eigenvalue weighted by Crippen LogP contribution is -2.46. The number of carbonyl (C=O) groups excluding carboxylic acids is 1. The Bertz CT molecular complexity index is 1230. The van der Waals surface area contributed by atoms with E-state index in [2.05, 4.69) is 25.9 Å². The number of aromatic nitrogens is 3. The molecule has 9 heteroatoms. The van der Waals surface area contributed by atoms with E-state index >= 15 is 0 Å². The van der Waals surface area contributed by atoms with E-state index < -0.39 is 0 Å². The number of benzene rings is 1. The molecule has 2 atom stereocenters. The molecule has 0 unspecified atom stereocenters. The second kappa shape index (κ2) is 12.0. The molecule has 0 saturated heterocycles. The van der Waals surface area contributed by atoms with Crippen LogP contribution < -0.4 is 21.7 Å². The van der Waals surface area contributed by atoms with Gasteiger partial charge >= 0.3 is 0 Å². The standard InChI is InChI=1S/C28H36ClN7O/c29-18-13-14-22-20(16-18)26(36-27(34-22)28(37)33-19-8-3-1-2-4-9-19)35-24-12-6-5-11-23(24)32-17-25-21(30)10-7-15-31-25/h7,10,13-16,19,23-24,32H,1-6,8-9,11-12,17,30H2,(H,33,37)(H,34,35,36)/t23-,24+/m1/s1. The van der Waals surface area contributed by atoms with Gasteiger partial charge in [-0.3, -0.25) is 9.78 Å². The second-order valence-electron chi connectivity index (χ2n) is 10.3. The van der Waals surface area contributed by atoms with E-state index in [0.29, 0.717) is 28.6 Å². The van der Waals surface area contributed by atoms with Gasteiger partial charge in [-0.15, -0.1) is 0 Å². The van der Waals surface area contributed by atoms with Gasteiger partial charge in [-0.25, -0.2) is 9.97 Å². The molecule has 8 nitrogen and oxygen atoms in total. The van der Waals surface area contributed by atoms with Crippen molar-refractivity contribution < 1.29 is 4.79 Å². The van der Waals surface area contributed by atoms with E-state index in [4.69, 9.17) is 22.3 Å². The maximum atomic E-state index is 13.2. The summed E-state index contributed by atoms with van der Waals surface area (Å²) in [7, 11) is 0. The van der Waals surface area contributed by atoms with Crippen LogP contribution in [0.4, 0.5) is 11.5 Å². The molecule has 3 aromatic rings. The summed E-state index contributed by atoms with van der Waals surface area (Å²) in [6.07, 6.45) is 12.8. The van der Waals surface area contributed by atoms with Crippen molar-refractivity contribution >= 4 is 39.9 Å². The summed E-state index contributed by atoms with van der Waals surface area (Å²) >= 11 is 6.35. The molecule has 2 aromatic heterocycles. The highest BCUT2D eigenvalue weighted by atomic mass is 35.5. The number of nitrogen functional groups attached to an aromatic ring is 1. The van der Waals surface area contributed by atoms with Crippen LogP contribution in [-0.4, -0.2) is 39.0 Å². The molecule has 0 bridgehead atoms. The fourth-order valence-electron chi connectivity index (χ4n) is 5.54. The van der Waals surface area contributed by atoms with E-state index in [0.717, 1.165) is 62.4 Å². The number of anilines is 2. The highest BCUT2D eigenvalue weighted by Gasteiger charge is 2.27. The van der Waals surface area contributed by atoms with E-state index in [1.807, 2.05) is 24.3 Å². The van der Waals surface area contributed by atoms with Crippen molar-refractivity contribution in [2.24, 2.45) is 0 Å². The van der Waals surface area contributed by atoms with Gasteiger partial charge in [-0.1, -0.05) is 50.1 Å². The Morgan fingerprint density at radius 3 is 2.51 bits per heavy atom. The molecule has 0 spiro atoms. The third kappa shape index (κ3) is 6.48. The first kappa shape index (κ1) is 25.7. The van der Waals surface area contributed by atoms with Crippen LogP contribution in [0, 0.1) is 0 Å². The van der Waals surface area contributed by atoms with Gasteiger partial charge < -0.3 is 21.7 Å². The maximum absolute atomic E-state index is 13.2. The van der Waals surface area contributed by atoms with Gasteiger partial charge in [0.2, 0.25) is 5.82 Å². The summed E-state index contributed by atoms with van der Waals surface area (Å²) in [5.41, 5.74) is 8.35. The Morgan fingerprint density at radius 2 is 1.73 bits per heavy atom. The van der Waals surface area contributed by atoms with Crippen LogP contribution in [0.1, 0.15) is 80.5 Å². The van der Waals surface area contributed by atoms with Crippen molar-refractivity contribution in [3.63, 3.8) is 0 Å². The Kier molecular flexibility index (Phi) is 8.36. The van der Waals surface area contributed by atoms with Crippen molar-refractivity contribution in [1.29, 1.82) is 0 Å². The summed E-state index contributed by atoms with van der Waals surface area (Å²) in [4.78, 5) is 27.0. The monoisotopic (exact) mass is 521 g/mol. The van der Waals surface area contributed by atoms with Gasteiger partial charge in [0.25, 0.3) is 5.91 Å². The molecule has 196 valence electrons. The zero-order chi connectivity index (χ0) is 25.6. The zero-order valence-electron chi connectivity index (χ0n) is 21.2. The number of nitrogens with two attached hydrogens (primary N) is 1. The van der Waals surface area contributed by atoms with Crippen molar-refractivity contribution in [1.82, 2.24) is 25.6 Å². The first-order valence-electron chi connectivity index (χ1n) is 13.5. The molecule has 2 aliphatic rings. The third-order valence-corrected chi connectivity index (χ3v) is 7.83. The Morgan fingerprint density at radius 1 is 0.973 bits per heavy atom. The normalized spacial score (nSPS) is 20.9. The smallest absolute Gasteiger partial charge is 0.289 e. The number of rotatable bonds is 7. The minimum absolute atomic E-state index is 0.133. The van der Waals surface area contributed by atoms with Crippen LogP contribution in [0.25, 0.3) is 10.9 Å². The van der Waals surface area contributed by atoms with Crippen molar-refractivity contribution in [2.75, 3.05) is 11.1 Å². The lowest BCUT2D eigenvalue weighted by Gasteiger charge is -2.33. The molecule has 0 aliphatic heterocycles. The quantitative estimate of drug-likeness (QED) is 0.314. The molecule has 0 radical (unpaired) electrons.